The van der Waals surface area contributed by atoms with Gasteiger partial charge >= 0.3 is 0 Å². The van der Waals surface area contributed by atoms with Gasteiger partial charge in [-0.25, -0.2) is 9.97 Å². The lowest BCUT2D eigenvalue weighted by atomic mass is 9.85. The van der Waals surface area contributed by atoms with Gasteiger partial charge in [-0.3, -0.25) is 0 Å². The number of nitrogens with zero attached hydrogens (tertiary/aromatic N) is 3. The fourth-order valence-corrected chi connectivity index (χ4v) is 3.76. The van der Waals surface area contributed by atoms with E-state index in [1.54, 1.807) is 6.33 Å². The van der Waals surface area contributed by atoms with Crippen LogP contribution in [0.25, 0.3) is 0 Å². The minimum Gasteiger partial charge on any atom is -0.478 e. The second kappa shape index (κ2) is 4.88. The number of fused-ring (bicyclic) bond motifs is 1. The van der Waals surface area contributed by atoms with E-state index < -0.39 is 0 Å². The highest BCUT2D eigenvalue weighted by Crippen LogP contribution is 2.43. The van der Waals surface area contributed by atoms with Crippen molar-refractivity contribution in [2.45, 2.75) is 33.2 Å². The number of hydrogen-bond donors (Lipinski definition) is 1. The van der Waals surface area contributed by atoms with E-state index >= 15 is 0 Å². The molecule has 1 aromatic rings. The zero-order valence-electron chi connectivity index (χ0n) is 12.8. The molecule has 2 aliphatic rings. The van der Waals surface area contributed by atoms with Gasteiger partial charge in [0.15, 0.2) is 0 Å². The first-order valence-corrected chi connectivity index (χ1v) is 7.48. The molecule has 1 aromatic heterocycles. The summed E-state index contributed by atoms with van der Waals surface area (Å²) < 4.78 is 5.61. The Morgan fingerprint density at radius 1 is 1.40 bits per heavy atom. The standard InChI is InChI=1S/C15H24N4O/c1-5-20-14-10(2)13(17-9-18-14)19-8-11-6-16-7-12(11)15(19,3)4/h9,11-12,16H,5-8H2,1-4H3. The van der Waals surface area contributed by atoms with Crippen molar-refractivity contribution in [3.63, 3.8) is 0 Å². The molecule has 0 amide bonds. The van der Waals surface area contributed by atoms with Crippen LogP contribution in [0.1, 0.15) is 26.3 Å². The van der Waals surface area contributed by atoms with Gasteiger partial charge in [-0.05, 0) is 39.5 Å². The predicted octanol–water partition coefficient (Wildman–Crippen LogP) is 1.62. The summed E-state index contributed by atoms with van der Waals surface area (Å²) in [6.45, 7) is 12.6. The number of rotatable bonds is 3. The van der Waals surface area contributed by atoms with Crippen LogP contribution in [0, 0.1) is 18.8 Å². The molecule has 2 saturated heterocycles. The maximum atomic E-state index is 5.61. The molecule has 2 fully saturated rings. The monoisotopic (exact) mass is 276 g/mol. The lowest BCUT2D eigenvalue weighted by Gasteiger charge is -2.37. The van der Waals surface area contributed by atoms with Crippen molar-refractivity contribution in [2.75, 3.05) is 31.1 Å². The van der Waals surface area contributed by atoms with Crippen LogP contribution in [0.2, 0.25) is 0 Å². The molecule has 0 aromatic carbocycles. The highest BCUT2D eigenvalue weighted by Gasteiger charge is 2.50. The maximum absolute atomic E-state index is 5.61. The Bertz CT molecular complexity index is 503. The summed E-state index contributed by atoms with van der Waals surface area (Å²) in [5, 5.41) is 3.51. The van der Waals surface area contributed by atoms with Gasteiger partial charge in [-0.15, -0.1) is 0 Å². The summed E-state index contributed by atoms with van der Waals surface area (Å²) in [6.07, 6.45) is 1.62. The first-order chi connectivity index (χ1) is 9.55. The Morgan fingerprint density at radius 3 is 2.90 bits per heavy atom. The van der Waals surface area contributed by atoms with Crippen molar-refractivity contribution >= 4 is 5.82 Å². The van der Waals surface area contributed by atoms with Crippen LogP contribution in [0.3, 0.4) is 0 Å². The third-order valence-corrected chi connectivity index (χ3v) is 4.91. The number of anilines is 1. The Kier molecular flexibility index (Phi) is 3.32. The Hall–Kier alpha value is -1.36. The van der Waals surface area contributed by atoms with Crippen molar-refractivity contribution in [1.82, 2.24) is 15.3 Å². The predicted molar refractivity (Wildman–Crippen MR) is 79.2 cm³/mol. The molecule has 1 N–H and O–H groups in total. The first kappa shape index (κ1) is 13.6. The Balaban J connectivity index is 1.95. The summed E-state index contributed by atoms with van der Waals surface area (Å²) in [6, 6.07) is 0. The molecule has 20 heavy (non-hydrogen) atoms. The van der Waals surface area contributed by atoms with Crippen LogP contribution in [-0.4, -0.2) is 41.7 Å². The second-order valence-electron chi connectivity index (χ2n) is 6.35. The molecular weight excluding hydrogens is 252 g/mol. The molecule has 5 nitrogen and oxygen atoms in total. The zero-order valence-corrected chi connectivity index (χ0v) is 12.8. The fourth-order valence-electron chi connectivity index (χ4n) is 3.76. The van der Waals surface area contributed by atoms with E-state index in [1.807, 2.05) is 6.92 Å². The van der Waals surface area contributed by atoms with E-state index in [0.717, 1.165) is 36.9 Å². The van der Waals surface area contributed by atoms with E-state index in [4.69, 9.17) is 4.74 Å². The van der Waals surface area contributed by atoms with Gasteiger partial charge < -0.3 is 15.0 Å². The van der Waals surface area contributed by atoms with Crippen molar-refractivity contribution in [3.8, 4) is 5.88 Å². The van der Waals surface area contributed by atoms with Crippen molar-refractivity contribution in [1.29, 1.82) is 0 Å². The molecule has 0 spiro atoms. The molecule has 0 saturated carbocycles. The van der Waals surface area contributed by atoms with Gasteiger partial charge in [0.2, 0.25) is 5.88 Å². The average Bonchev–Trinajstić information content (AvgIpc) is 2.96. The van der Waals surface area contributed by atoms with E-state index in [0.29, 0.717) is 18.4 Å². The van der Waals surface area contributed by atoms with Gasteiger partial charge in [0.05, 0.1) is 12.2 Å². The van der Waals surface area contributed by atoms with E-state index in [1.165, 1.54) is 0 Å². The summed E-state index contributed by atoms with van der Waals surface area (Å²) >= 11 is 0. The van der Waals surface area contributed by atoms with Crippen LogP contribution in [-0.2, 0) is 0 Å². The molecule has 3 rings (SSSR count). The summed E-state index contributed by atoms with van der Waals surface area (Å²) in [4.78, 5) is 11.2. The minimum absolute atomic E-state index is 0.122. The first-order valence-electron chi connectivity index (χ1n) is 7.48. The van der Waals surface area contributed by atoms with E-state index in [2.05, 4.69) is 41.0 Å². The summed E-state index contributed by atoms with van der Waals surface area (Å²) in [5.41, 5.74) is 1.17. The molecular formula is C15H24N4O. The van der Waals surface area contributed by atoms with Crippen LogP contribution in [0.15, 0.2) is 6.33 Å². The summed E-state index contributed by atoms with van der Waals surface area (Å²) in [7, 11) is 0. The third-order valence-electron chi connectivity index (χ3n) is 4.91. The quantitative estimate of drug-likeness (QED) is 0.909. The highest BCUT2D eigenvalue weighted by molar-refractivity contribution is 5.54. The fraction of sp³-hybridized carbons (Fsp3) is 0.733. The van der Waals surface area contributed by atoms with Gasteiger partial charge in [-0.1, -0.05) is 0 Å². The largest absolute Gasteiger partial charge is 0.478 e. The number of ether oxygens (including phenoxy) is 1. The van der Waals surface area contributed by atoms with Gasteiger partial charge in [0.25, 0.3) is 0 Å². The minimum atomic E-state index is 0.122. The number of aromatic nitrogens is 2. The number of hydrogen-bond acceptors (Lipinski definition) is 5. The molecule has 2 aliphatic heterocycles. The molecule has 0 aliphatic carbocycles. The molecule has 110 valence electrons. The van der Waals surface area contributed by atoms with Gasteiger partial charge in [-0.2, -0.15) is 0 Å². The molecule has 3 heterocycles. The van der Waals surface area contributed by atoms with Crippen LogP contribution in [0.5, 0.6) is 5.88 Å². The van der Waals surface area contributed by atoms with Crippen molar-refractivity contribution in [3.05, 3.63) is 11.9 Å². The third kappa shape index (κ3) is 1.95. The second-order valence-corrected chi connectivity index (χ2v) is 6.35. The Labute approximate surface area is 120 Å². The van der Waals surface area contributed by atoms with Crippen LogP contribution in [0.4, 0.5) is 5.82 Å². The molecule has 2 atom stereocenters. The number of nitrogens with one attached hydrogen (secondary N) is 1. The maximum Gasteiger partial charge on any atom is 0.221 e. The topological polar surface area (TPSA) is 50.3 Å². The molecule has 0 radical (unpaired) electrons. The normalized spacial score (nSPS) is 27.7. The highest BCUT2D eigenvalue weighted by atomic mass is 16.5. The Morgan fingerprint density at radius 2 is 2.20 bits per heavy atom. The lowest BCUT2D eigenvalue weighted by molar-refractivity contribution is 0.322. The average molecular weight is 276 g/mol. The van der Waals surface area contributed by atoms with Crippen LogP contribution >= 0.6 is 0 Å². The molecule has 2 unspecified atom stereocenters. The molecule has 5 heteroatoms. The zero-order chi connectivity index (χ0) is 14.3. The van der Waals surface area contributed by atoms with Gasteiger partial charge in [0.1, 0.15) is 12.1 Å². The van der Waals surface area contributed by atoms with Crippen molar-refractivity contribution < 1.29 is 4.74 Å². The summed E-state index contributed by atoms with van der Waals surface area (Å²) in [5.74, 6) is 3.15. The van der Waals surface area contributed by atoms with E-state index in [9.17, 15) is 0 Å². The SMILES string of the molecule is CCOc1ncnc(N2CC3CNCC3C2(C)C)c1C. The van der Waals surface area contributed by atoms with E-state index in [-0.39, 0.29) is 5.54 Å². The molecule has 0 bridgehead atoms. The van der Waals surface area contributed by atoms with Crippen LogP contribution < -0.4 is 15.0 Å². The lowest BCUT2D eigenvalue weighted by Crippen LogP contribution is -2.45. The van der Waals surface area contributed by atoms with Gasteiger partial charge in [0, 0.05) is 25.2 Å². The smallest absolute Gasteiger partial charge is 0.221 e. The van der Waals surface area contributed by atoms with Crippen molar-refractivity contribution in [2.24, 2.45) is 11.8 Å².